The van der Waals surface area contributed by atoms with E-state index in [2.05, 4.69) is 4.98 Å². The summed E-state index contributed by atoms with van der Waals surface area (Å²) < 4.78 is 27.1. The number of fused-ring (bicyclic) bond motifs is 1. The topological polar surface area (TPSA) is 36.4 Å². The van der Waals surface area contributed by atoms with E-state index in [0.29, 0.717) is 24.2 Å². The molecule has 2 aromatic rings. The van der Waals surface area contributed by atoms with Gasteiger partial charge in [0.25, 0.3) is 0 Å². The van der Waals surface area contributed by atoms with Crippen LogP contribution in [0.15, 0.2) is 18.2 Å². The predicted molar refractivity (Wildman–Crippen MR) is 71.4 cm³/mol. The molecule has 1 N–H and O–H groups in total. The molecule has 0 aliphatic rings. The molecule has 0 spiro atoms. The third-order valence-electron chi connectivity index (χ3n) is 3.07. The summed E-state index contributed by atoms with van der Waals surface area (Å²) in [5.41, 5.74) is 1.41. The summed E-state index contributed by atoms with van der Waals surface area (Å²) in [6.07, 6.45) is 0. The summed E-state index contributed by atoms with van der Waals surface area (Å²) in [5, 5.41) is 9.63. The minimum Gasteiger partial charge on any atom is -0.395 e. The molecule has 0 aliphatic carbocycles. The predicted octanol–water partition coefficient (Wildman–Crippen LogP) is 2.64. The molecule has 5 heteroatoms. The quantitative estimate of drug-likeness (QED) is 0.924. The van der Waals surface area contributed by atoms with Gasteiger partial charge in [-0.2, -0.15) is 0 Å². The first-order valence-electron chi connectivity index (χ1n) is 6.19. The number of rotatable bonds is 4. The zero-order valence-electron chi connectivity index (χ0n) is 11.0. The SMILES string of the molecule is CCN(CCO)c1cc(C)nc2c(F)c(F)ccc12. The molecule has 1 aromatic carbocycles. The molecule has 1 heterocycles. The Labute approximate surface area is 110 Å². The lowest BCUT2D eigenvalue weighted by molar-refractivity contribution is 0.302. The van der Waals surface area contributed by atoms with Crippen molar-refractivity contribution in [1.29, 1.82) is 0 Å². The monoisotopic (exact) mass is 266 g/mol. The Bertz CT molecular complexity index is 602. The summed E-state index contributed by atoms with van der Waals surface area (Å²) in [5.74, 6) is -1.83. The van der Waals surface area contributed by atoms with E-state index in [1.807, 2.05) is 17.9 Å². The number of aryl methyl sites for hydroxylation is 1. The van der Waals surface area contributed by atoms with E-state index in [1.54, 1.807) is 6.92 Å². The van der Waals surface area contributed by atoms with Crippen LogP contribution >= 0.6 is 0 Å². The second kappa shape index (κ2) is 5.48. The fraction of sp³-hybridized carbons (Fsp3) is 0.357. The second-order valence-corrected chi connectivity index (χ2v) is 4.34. The number of hydrogen-bond acceptors (Lipinski definition) is 3. The minimum absolute atomic E-state index is 0.000378. The first kappa shape index (κ1) is 13.7. The summed E-state index contributed by atoms with van der Waals surface area (Å²) in [6, 6.07) is 4.44. The molecular formula is C14H16F2N2O. The van der Waals surface area contributed by atoms with Crippen LogP contribution < -0.4 is 4.90 Å². The number of aliphatic hydroxyl groups excluding tert-OH is 1. The van der Waals surface area contributed by atoms with Gasteiger partial charge in [-0.05, 0) is 32.0 Å². The number of aromatic nitrogens is 1. The van der Waals surface area contributed by atoms with E-state index in [4.69, 9.17) is 5.11 Å². The Morgan fingerprint density at radius 3 is 2.68 bits per heavy atom. The van der Waals surface area contributed by atoms with Crippen molar-refractivity contribution in [3.63, 3.8) is 0 Å². The molecule has 0 radical (unpaired) electrons. The van der Waals surface area contributed by atoms with Crippen molar-refractivity contribution in [3.8, 4) is 0 Å². The fourth-order valence-corrected chi connectivity index (χ4v) is 2.17. The number of benzene rings is 1. The van der Waals surface area contributed by atoms with Crippen molar-refractivity contribution in [2.24, 2.45) is 0 Å². The Kier molecular flexibility index (Phi) is 3.95. The van der Waals surface area contributed by atoms with Gasteiger partial charge in [-0.3, -0.25) is 0 Å². The number of pyridine rings is 1. The molecular weight excluding hydrogens is 250 g/mol. The Hall–Kier alpha value is -1.75. The molecule has 0 saturated carbocycles. The lowest BCUT2D eigenvalue weighted by Gasteiger charge is -2.24. The maximum Gasteiger partial charge on any atom is 0.185 e. The van der Waals surface area contributed by atoms with Gasteiger partial charge in [0.2, 0.25) is 0 Å². The lowest BCUT2D eigenvalue weighted by Crippen LogP contribution is -2.26. The van der Waals surface area contributed by atoms with Gasteiger partial charge in [0.15, 0.2) is 11.6 Å². The molecule has 3 nitrogen and oxygen atoms in total. The van der Waals surface area contributed by atoms with Gasteiger partial charge in [0, 0.05) is 29.9 Å². The summed E-state index contributed by atoms with van der Waals surface area (Å²) in [4.78, 5) is 5.98. The molecule has 0 atom stereocenters. The van der Waals surface area contributed by atoms with Gasteiger partial charge in [0.1, 0.15) is 5.52 Å². The van der Waals surface area contributed by atoms with Crippen molar-refractivity contribution in [2.75, 3.05) is 24.6 Å². The fourth-order valence-electron chi connectivity index (χ4n) is 2.17. The van der Waals surface area contributed by atoms with Crippen molar-refractivity contribution in [3.05, 3.63) is 35.5 Å². The van der Waals surface area contributed by atoms with Crippen molar-refractivity contribution >= 4 is 16.6 Å². The smallest absolute Gasteiger partial charge is 0.185 e. The van der Waals surface area contributed by atoms with E-state index >= 15 is 0 Å². The first-order chi connectivity index (χ1) is 9.08. The number of likely N-dealkylation sites (N-methyl/N-ethyl adjacent to an activating group) is 1. The van der Waals surface area contributed by atoms with E-state index < -0.39 is 11.6 Å². The largest absolute Gasteiger partial charge is 0.395 e. The third kappa shape index (κ3) is 2.51. The number of nitrogens with zero attached hydrogens (tertiary/aromatic N) is 2. The third-order valence-corrected chi connectivity index (χ3v) is 3.07. The van der Waals surface area contributed by atoms with Crippen LogP contribution in [0.3, 0.4) is 0 Å². The highest BCUT2D eigenvalue weighted by molar-refractivity contribution is 5.92. The molecule has 1 aromatic heterocycles. The highest BCUT2D eigenvalue weighted by atomic mass is 19.2. The van der Waals surface area contributed by atoms with Crippen molar-refractivity contribution in [2.45, 2.75) is 13.8 Å². The number of anilines is 1. The van der Waals surface area contributed by atoms with Gasteiger partial charge in [-0.1, -0.05) is 0 Å². The Morgan fingerprint density at radius 1 is 1.32 bits per heavy atom. The highest BCUT2D eigenvalue weighted by Crippen LogP contribution is 2.29. The average molecular weight is 266 g/mol. The maximum absolute atomic E-state index is 13.8. The van der Waals surface area contributed by atoms with Gasteiger partial charge in [-0.15, -0.1) is 0 Å². The van der Waals surface area contributed by atoms with Crippen LogP contribution in [0.4, 0.5) is 14.5 Å². The van der Waals surface area contributed by atoms with Crippen LogP contribution in [-0.4, -0.2) is 29.8 Å². The summed E-state index contributed by atoms with van der Waals surface area (Å²) in [7, 11) is 0. The highest BCUT2D eigenvalue weighted by Gasteiger charge is 2.15. The van der Waals surface area contributed by atoms with E-state index in [-0.39, 0.29) is 12.1 Å². The van der Waals surface area contributed by atoms with Crippen LogP contribution in [-0.2, 0) is 0 Å². The molecule has 2 rings (SSSR count). The average Bonchev–Trinajstić information content (AvgIpc) is 2.40. The van der Waals surface area contributed by atoms with Gasteiger partial charge in [-0.25, -0.2) is 13.8 Å². The standard InChI is InChI=1S/C14H16F2N2O/c1-3-18(6-7-19)12-8-9(2)17-14-10(12)4-5-11(15)13(14)16/h4-5,8,19H,3,6-7H2,1-2H3. The van der Waals surface area contributed by atoms with Crippen LogP contribution in [0.25, 0.3) is 10.9 Å². The minimum atomic E-state index is -0.928. The zero-order chi connectivity index (χ0) is 14.0. The Balaban J connectivity index is 2.70. The van der Waals surface area contributed by atoms with Crippen molar-refractivity contribution < 1.29 is 13.9 Å². The van der Waals surface area contributed by atoms with Crippen LogP contribution in [0.2, 0.25) is 0 Å². The zero-order valence-corrected chi connectivity index (χ0v) is 11.0. The van der Waals surface area contributed by atoms with E-state index in [9.17, 15) is 8.78 Å². The molecule has 0 amide bonds. The van der Waals surface area contributed by atoms with Crippen LogP contribution in [0, 0.1) is 18.6 Å². The van der Waals surface area contributed by atoms with E-state index in [1.165, 1.54) is 6.07 Å². The van der Waals surface area contributed by atoms with Crippen LogP contribution in [0.5, 0.6) is 0 Å². The van der Waals surface area contributed by atoms with Crippen molar-refractivity contribution in [1.82, 2.24) is 4.98 Å². The number of hydrogen-bond donors (Lipinski definition) is 1. The maximum atomic E-state index is 13.8. The molecule has 102 valence electrons. The normalized spacial score (nSPS) is 11.0. The van der Waals surface area contributed by atoms with Crippen LogP contribution in [0.1, 0.15) is 12.6 Å². The molecule has 0 fully saturated rings. The molecule has 0 aliphatic heterocycles. The van der Waals surface area contributed by atoms with E-state index in [0.717, 1.165) is 11.8 Å². The number of halogens is 2. The molecule has 0 unspecified atom stereocenters. The summed E-state index contributed by atoms with van der Waals surface area (Å²) in [6.45, 7) is 4.78. The number of aliphatic hydroxyl groups is 1. The second-order valence-electron chi connectivity index (χ2n) is 4.34. The molecule has 19 heavy (non-hydrogen) atoms. The van der Waals surface area contributed by atoms with Gasteiger partial charge >= 0.3 is 0 Å². The summed E-state index contributed by atoms with van der Waals surface area (Å²) >= 11 is 0. The first-order valence-corrected chi connectivity index (χ1v) is 6.19. The molecule has 0 saturated heterocycles. The Morgan fingerprint density at radius 2 is 2.05 bits per heavy atom. The van der Waals surface area contributed by atoms with Gasteiger partial charge in [0.05, 0.1) is 6.61 Å². The lowest BCUT2D eigenvalue weighted by atomic mass is 10.1. The van der Waals surface area contributed by atoms with Gasteiger partial charge < -0.3 is 10.0 Å². The molecule has 0 bridgehead atoms.